The number of hydrogen-bond donors (Lipinski definition) is 1. The van der Waals surface area contributed by atoms with Gasteiger partial charge < -0.3 is 0 Å². The summed E-state index contributed by atoms with van der Waals surface area (Å²) in [6.45, 7) is 2.43. The third-order valence-corrected chi connectivity index (χ3v) is 6.12. The molecule has 0 atom stereocenters. The van der Waals surface area contributed by atoms with Gasteiger partial charge in [-0.2, -0.15) is 0 Å². The molecule has 0 amide bonds. The number of H-pyrrole nitrogens is 1. The maximum absolute atomic E-state index is 12.3. The van der Waals surface area contributed by atoms with Crippen molar-refractivity contribution in [2.75, 3.05) is 0 Å². The van der Waals surface area contributed by atoms with Crippen molar-refractivity contribution in [3.8, 4) is 0 Å². The minimum absolute atomic E-state index is 0.0853. The highest BCUT2D eigenvalue weighted by Gasteiger charge is 2.12. The van der Waals surface area contributed by atoms with E-state index in [2.05, 4.69) is 15.2 Å². The van der Waals surface area contributed by atoms with Crippen LogP contribution in [-0.4, -0.2) is 24.1 Å². The molecule has 0 aliphatic rings. The molecule has 0 radical (unpaired) electrons. The zero-order chi connectivity index (χ0) is 18.8. The molecule has 3 aromatic heterocycles. The van der Waals surface area contributed by atoms with E-state index in [0.29, 0.717) is 28.1 Å². The normalized spacial score (nSPS) is 11.3. The SMILES string of the molecule is Cc1csc2nc(CSc3n[nH]c(=O)n3CCc3ccccc3)cc(=O)n12. The van der Waals surface area contributed by atoms with Crippen LogP contribution in [0.4, 0.5) is 0 Å². The van der Waals surface area contributed by atoms with E-state index >= 15 is 0 Å². The van der Waals surface area contributed by atoms with E-state index in [4.69, 9.17) is 0 Å². The highest BCUT2D eigenvalue weighted by Crippen LogP contribution is 2.20. The van der Waals surface area contributed by atoms with E-state index in [1.807, 2.05) is 42.6 Å². The molecule has 4 aromatic rings. The van der Waals surface area contributed by atoms with Gasteiger partial charge in [0.15, 0.2) is 10.1 Å². The quantitative estimate of drug-likeness (QED) is 0.504. The number of aromatic nitrogens is 5. The van der Waals surface area contributed by atoms with Crippen molar-refractivity contribution in [1.29, 1.82) is 0 Å². The highest BCUT2D eigenvalue weighted by molar-refractivity contribution is 7.98. The van der Waals surface area contributed by atoms with E-state index in [-0.39, 0.29) is 11.2 Å². The smallest absolute Gasteiger partial charge is 0.270 e. The summed E-state index contributed by atoms with van der Waals surface area (Å²) in [4.78, 5) is 29.6. The molecule has 4 rings (SSSR count). The van der Waals surface area contributed by atoms with Crippen LogP contribution in [0, 0.1) is 6.92 Å². The van der Waals surface area contributed by atoms with Gasteiger partial charge in [-0.3, -0.25) is 13.8 Å². The minimum atomic E-state index is -0.231. The number of fused-ring (bicyclic) bond motifs is 1. The van der Waals surface area contributed by atoms with Crippen LogP contribution in [-0.2, 0) is 18.7 Å². The van der Waals surface area contributed by atoms with Crippen LogP contribution < -0.4 is 11.2 Å². The molecule has 9 heteroatoms. The lowest BCUT2D eigenvalue weighted by Crippen LogP contribution is -2.19. The highest BCUT2D eigenvalue weighted by atomic mass is 32.2. The van der Waals surface area contributed by atoms with Crippen molar-refractivity contribution < 1.29 is 0 Å². The van der Waals surface area contributed by atoms with Crippen LogP contribution in [0.5, 0.6) is 0 Å². The van der Waals surface area contributed by atoms with Crippen molar-refractivity contribution >= 4 is 28.1 Å². The summed E-state index contributed by atoms with van der Waals surface area (Å²) in [7, 11) is 0. The number of nitrogens with one attached hydrogen (secondary N) is 1. The first-order valence-corrected chi connectivity index (χ1v) is 10.3. The topological polar surface area (TPSA) is 85.0 Å². The van der Waals surface area contributed by atoms with Crippen molar-refractivity contribution in [2.45, 2.75) is 30.8 Å². The molecular formula is C18H17N5O2S2. The Kier molecular flexibility index (Phi) is 4.95. The minimum Gasteiger partial charge on any atom is -0.270 e. The van der Waals surface area contributed by atoms with Gasteiger partial charge in [-0.05, 0) is 18.9 Å². The lowest BCUT2D eigenvalue weighted by molar-refractivity contribution is 0.616. The standard InChI is InChI=1S/C18H17N5O2S2/c1-12-10-26-17-19-14(9-15(24)23(12)17)11-27-18-21-20-16(25)22(18)8-7-13-5-3-2-4-6-13/h2-6,9-10H,7-8,11H2,1H3,(H,20,25). The molecule has 27 heavy (non-hydrogen) atoms. The summed E-state index contributed by atoms with van der Waals surface area (Å²) in [5.41, 5.74) is 2.41. The molecule has 7 nitrogen and oxygen atoms in total. The number of aryl methyl sites for hydroxylation is 2. The van der Waals surface area contributed by atoms with Gasteiger partial charge >= 0.3 is 5.69 Å². The average Bonchev–Trinajstić information content (AvgIpc) is 3.22. The van der Waals surface area contributed by atoms with E-state index in [1.54, 1.807) is 15.0 Å². The first-order valence-electron chi connectivity index (χ1n) is 8.40. The third-order valence-electron chi connectivity index (χ3n) is 4.17. The molecular weight excluding hydrogens is 382 g/mol. The predicted octanol–water partition coefficient (Wildman–Crippen LogP) is 2.48. The van der Waals surface area contributed by atoms with Gasteiger partial charge in [0.05, 0.1) is 5.69 Å². The zero-order valence-electron chi connectivity index (χ0n) is 14.6. The van der Waals surface area contributed by atoms with Crippen LogP contribution in [0.3, 0.4) is 0 Å². The fraction of sp³-hybridized carbons (Fsp3) is 0.222. The van der Waals surface area contributed by atoms with Crippen molar-refractivity contribution in [1.82, 2.24) is 24.1 Å². The van der Waals surface area contributed by atoms with E-state index in [1.165, 1.54) is 23.1 Å². The largest absolute Gasteiger partial charge is 0.343 e. The Bertz CT molecular complexity index is 1190. The van der Waals surface area contributed by atoms with Crippen LogP contribution in [0.2, 0.25) is 0 Å². The van der Waals surface area contributed by atoms with Gasteiger partial charge in [0.25, 0.3) is 5.56 Å². The fourth-order valence-corrected chi connectivity index (χ4v) is 4.57. The molecule has 3 heterocycles. The van der Waals surface area contributed by atoms with Gasteiger partial charge in [-0.25, -0.2) is 14.9 Å². The maximum Gasteiger partial charge on any atom is 0.343 e. The number of nitrogens with zero attached hydrogens (tertiary/aromatic N) is 4. The molecule has 0 saturated heterocycles. The zero-order valence-corrected chi connectivity index (χ0v) is 16.2. The predicted molar refractivity (Wildman–Crippen MR) is 107 cm³/mol. The van der Waals surface area contributed by atoms with Gasteiger partial charge in [-0.15, -0.1) is 16.4 Å². The van der Waals surface area contributed by atoms with Crippen molar-refractivity contribution in [3.63, 3.8) is 0 Å². The molecule has 0 unspecified atom stereocenters. The monoisotopic (exact) mass is 399 g/mol. The number of hydrogen-bond acceptors (Lipinski definition) is 6. The second-order valence-corrected chi connectivity index (χ2v) is 7.85. The summed E-state index contributed by atoms with van der Waals surface area (Å²) < 4.78 is 3.22. The molecule has 1 aromatic carbocycles. The number of rotatable bonds is 6. The second-order valence-electron chi connectivity index (χ2n) is 6.07. The van der Waals surface area contributed by atoms with Gasteiger partial charge in [0, 0.05) is 29.4 Å². The summed E-state index contributed by atoms with van der Waals surface area (Å²) in [5, 5.41) is 9.13. The first-order chi connectivity index (χ1) is 13.1. The van der Waals surface area contributed by atoms with Gasteiger partial charge in [-0.1, -0.05) is 42.1 Å². The number of benzene rings is 1. The molecule has 1 N–H and O–H groups in total. The molecule has 138 valence electrons. The summed E-state index contributed by atoms with van der Waals surface area (Å²) in [6, 6.07) is 11.5. The lowest BCUT2D eigenvalue weighted by atomic mass is 10.1. The summed E-state index contributed by atoms with van der Waals surface area (Å²) in [5.74, 6) is 0.471. The maximum atomic E-state index is 12.3. The molecule has 0 fully saturated rings. The van der Waals surface area contributed by atoms with Crippen LogP contribution in [0.25, 0.3) is 4.96 Å². The molecule has 0 aliphatic heterocycles. The fourth-order valence-electron chi connectivity index (χ4n) is 2.81. The summed E-state index contributed by atoms with van der Waals surface area (Å²) >= 11 is 2.84. The Morgan fingerprint density at radius 2 is 2.04 bits per heavy atom. The molecule has 0 saturated carbocycles. The number of aromatic amines is 1. The summed E-state index contributed by atoms with van der Waals surface area (Å²) in [6.07, 6.45) is 0.744. The Hall–Kier alpha value is -2.65. The average molecular weight is 400 g/mol. The van der Waals surface area contributed by atoms with E-state index < -0.39 is 0 Å². The first kappa shape index (κ1) is 17.7. The third kappa shape index (κ3) is 3.74. The Morgan fingerprint density at radius 3 is 2.85 bits per heavy atom. The molecule has 0 spiro atoms. The molecule has 0 bridgehead atoms. The number of thioether (sulfide) groups is 1. The Labute approximate surface area is 162 Å². The number of thiazole rings is 1. The Morgan fingerprint density at radius 1 is 1.22 bits per heavy atom. The van der Waals surface area contributed by atoms with E-state index in [0.717, 1.165) is 17.7 Å². The molecule has 0 aliphatic carbocycles. The van der Waals surface area contributed by atoms with Crippen LogP contribution >= 0.6 is 23.1 Å². The lowest BCUT2D eigenvalue weighted by Gasteiger charge is -2.06. The van der Waals surface area contributed by atoms with Crippen molar-refractivity contribution in [2.24, 2.45) is 0 Å². The van der Waals surface area contributed by atoms with Crippen LogP contribution in [0.1, 0.15) is 17.0 Å². The van der Waals surface area contributed by atoms with Gasteiger partial charge in [0.1, 0.15) is 0 Å². The second kappa shape index (κ2) is 7.53. The van der Waals surface area contributed by atoms with Gasteiger partial charge in [0.2, 0.25) is 0 Å². The van der Waals surface area contributed by atoms with E-state index in [9.17, 15) is 9.59 Å². The van der Waals surface area contributed by atoms with Crippen LogP contribution in [0.15, 0.2) is 56.5 Å². The van der Waals surface area contributed by atoms with Crippen molar-refractivity contribution in [3.05, 3.63) is 79.6 Å². The Balaban J connectivity index is 1.50.